The summed E-state index contributed by atoms with van der Waals surface area (Å²) >= 11 is 2.99. The van der Waals surface area contributed by atoms with Gasteiger partial charge in [-0.2, -0.15) is 0 Å². The molecule has 0 saturated heterocycles. The average Bonchev–Trinajstić information content (AvgIpc) is 2.09. The van der Waals surface area contributed by atoms with Gasteiger partial charge in [-0.05, 0) is 22.0 Å². The molecular weight excluding hydrogens is 274 g/mol. The highest BCUT2D eigenvalue weighted by atomic mass is 79.9. The molecule has 0 aromatic carbocycles. The number of rotatable bonds is 3. The molecule has 2 N–H and O–H groups in total. The Balaban J connectivity index is 3.29. The van der Waals surface area contributed by atoms with Crippen LogP contribution < -0.4 is 11.3 Å². The molecule has 1 aromatic heterocycles. The fourth-order valence-corrected chi connectivity index (χ4v) is 1.54. The van der Waals surface area contributed by atoms with Crippen molar-refractivity contribution in [3.05, 3.63) is 32.7 Å². The van der Waals surface area contributed by atoms with Crippen molar-refractivity contribution < 1.29 is 13.6 Å². The van der Waals surface area contributed by atoms with Crippen LogP contribution in [-0.2, 0) is 6.54 Å². The van der Waals surface area contributed by atoms with Crippen LogP contribution in [0.1, 0.15) is 10.4 Å². The molecule has 0 aliphatic rings. The molecular formula is C8H7BrF2N2O2. The van der Waals surface area contributed by atoms with E-state index in [0.29, 0.717) is 4.47 Å². The van der Waals surface area contributed by atoms with Crippen molar-refractivity contribution in [3.8, 4) is 0 Å². The van der Waals surface area contributed by atoms with Crippen LogP contribution in [0.3, 0.4) is 0 Å². The minimum Gasteiger partial charge on any atom is -0.365 e. The number of amides is 1. The van der Waals surface area contributed by atoms with Gasteiger partial charge < -0.3 is 10.3 Å². The van der Waals surface area contributed by atoms with Crippen molar-refractivity contribution in [3.63, 3.8) is 0 Å². The van der Waals surface area contributed by atoms with Crippen molar-refractivity contribution in [1.29, 1.82) is 0 Å². The van der Waals surface area contributed by atoms with Crippen LogP contribution >= 0.6 is 15.9 Å². The van der Waals surface area contributed by atoms with Crippen LogP contribution in [0.4, 0.5) is 8.78 Å². The third kappa shape index (κ3) is 2.85. The van der Waals surface area contributed by atoms with Crippen LogP contribution in [0.5, 0.6) is 0 Å². The molecule has 0 atom stereocenters. The van der Waals surface area contributed by atoms with Crippen LogP contribution in [-0.4, -0.2) is 16.9 Å². The van der Waals surface area contributed by atoms with E-state index in [1.807, 2.05) is 0 Å². The Morgan fingerprint density at radius 3 is 2.67 bits per heavy atom. The van der Waals surface area contributed by atoms with E-state index in [1.54, 1.807) is 0 Å². The van der Waals surface area contributed by atoms with Crippen LogP contribution in [0.15, 0.2) is 21.5 Å². The van der Waals surface area contributed by atoms with Crippen LogP contribution in [0.25, 0.3) is 0 Å². The van der Waals surface area contributed by atoms with E-state index < -0.39 is 24.4 Å². The molecule has 15 heavy (non-hydrogen) atoms. The summed E-state index contributed by atoms with van der Waals surface area (Å²) in [6.07, 6.45) is -1.49. The molecule has 0 bridgehead atoms. The highest BCUT2D eigenvalue weighted by Gasteiger charge is 2.13. The van der Waals surface area contributed by atoms with Crippen molar-refractivity contribution in [2.75, 3.05) is 0 Å². The van der Waals surface area contributed by atoms with E-state index >= 15 is 0 Å². The molecule has 0 unspecified atom stereocenters. The van der Waals surface area contributed by atoms with Gasteiger partial charge in [-0.25, -0.2) is 8.78 Å². The van der Waals surface area contributed by atoms with Crippen LogP contribution in [0.2, 0.25) is 0 Å². The predicted octanol–water partition coefficient (Wildman–Crippen LogP) is 0.975. The molecule has 1 rings (SSSR count). The van der Waals surface area contributed by atoms with Crippen molar-refractivity contribution in [1.82, 2.24) is 4.57 Å². The fraction of sp³-hybridized carbons (Fsp3) is 0.250. The van der Waals surface area contributed by atoms with E-state index in [1.165, 1.54) is 12.3 Å². The number of primary amides is 1. The number of pyridine rings is 1. The first-order valence-electron chi connectivity index (χ1n) is 3.89. The molecule has 82 valence electrons. The van der Waals surface area contributed by atoms with Gasteiger partial charge in [0.15, 0.2) is 0 Å². The Bertz CT molecular complexity index is 445. The lowest BCUT2D eigenvalue weighted by Gasteiger charge is -2.06. The Morgan fingerprint density at radius 1 is 1.60 bits per heavy atom. The first-order valence-corrected chi connectivity index (χ1v) is 4.69. The van der Waals surface area contributed by atoms with E-state index in [2.05, 4.69) is 15.9 Å². The number of halogens is 3. The Kier molecular flexibility index (Phi) is 3.57. The molecule has 7 heteroatoms. The first-order chi connectivity index (χ1) is 6.91. The molecule has 0 fully saturated rings. The maximum Gasteiger partial charge on any atom is 0.263 e. The van der Waals surface area contributed by atoms with Gasteiger partial charge in [-0.15, -0.1) is 0 Å². The van der Waals surface area contributed by atoms with E-state index in [4.69, 9.17) is 5.73 Å². The Hall–Kier alpha value is -1.24. The molecule has 1 aromatic rings. The lowest BCUT2D eigenvalue weighted by Crippen LogP contribution is -2.30. The minimum absolute atomic E-state index is 0.315. The summed E-state index contributed by atoms with van der Waals surface area (Å²) in [6, 6.07) is 1.20. The quantitative estimate of drug-likeness (QED) is 0.897. The van der Waals surface area contributed by atoms with E-state index in [-0.39, 0.29) is 5.56 Å². The number of hydrogen-bond acceptors (Lipinski definition) is 2. The number of carbonyl (C=O) groups excluding carboxylic acids is 1. The summed E-state index contributed by atoms with van der Waals surface area (Å²) in [5.74, 6) is -0.940. The number of hydrogen-bond donors (Lipinski definition) is 1. The maximum absolute atomic E-state index is 12.1. The Morgan fingerprint density at radius 2 is 2.20 bits per heavy atom. The highest BCUT2D eigenvalue weighted by Crippen LogP contribution is 2.09. The number of nitrogens with two attached hydrogens (primary N) is 1. The summed E-state index contributed by atoms with van der Waals surface area (Å²) < 4.78 is 25.2. The normalized spacial score (nSPS) is 10.7. The van der Waals surface area contributed by atoms with Gasteiger partial charge in [0.1, 0.15) is 5.56 Å². The molecule has 0 aliphatic carbocycles. The molecule has 4 nitrogen and oxygen atoms in total. The third-order valence-corrected chi connectivity index (χ3v) is 2.09. The fourth-order valence-electron chi connectivity index (χ4n) is 1.06. The zero-order valence-electron chi connectivity index (χ0n) is 7.41. The molecule has 0 aliphatic heterocycles. The Labute approximate surface area is 91.8 Å². The highest BCUT2D eigenvalue weighted by molar-refractivity contribution is 9.10. The van der Waals surface area contributed by atoms with Crippen molar-refractivity contribution in [2.24, 2.45) is 5.73 Å². The summed E-state index contributed by atoms with van der Waals surface area (Å²) in [5, 5.41) is 0. The number of alkyl halides is 2. The second kappa shape index (κ2) is 4.52. The number of nitrogens with zero attached hydrogens (tertiary/aromatic N) is 1. The van der Waals surface area contributed by atoms with Gasteiger partial charge in [0.25, 0.3) is 17.9 Å². The summed E-state index contributed by atoms with van der Waals surface area (Å²) in [6.45, 7) is -0.765. The second-order valence-electron chi connectivity index (χ2n) is 2.78. The zero-order chi connectivity index (χ0) is 11.6. The van der Waals surface area contributed by atoms with Gasteiger partial charge >= 0.3 is 0 Å². The molecule has 1 heterocycles. The molecule has 0 spiro atoms. The lowest BCUT2D eigenvalue weighted by molar-refractivity contribution is 0.0994. The monoisotopic (exact) mass is 280 g/mol. The third-order valence-electron chi connectivity index (χ3n) is 1.65. The predicted molar refractivity (Wildman–Crippen MR) is 52.9 cm³/mol. The van der Waals surface area contributed by atoms with Gasteiger partial charge in [0.05, 0.1) is 6.54 Å². The summed E-state index contributed by atoms with van der Waals surface area (Å²) in [7, 11) is 0. The molecule has 0 radical (unpaired) electrons. The standard InChI is InChI=1S/C8H7BrF2N2O2/c9-4-1-5(7(12)14)8(15)13(2-4)3-6(10)11/h1-2,6H,3H2,(H2,12,14). The first kappa shape index (κ1) is 11.8. The topological polar surface area (TPSA) is 65.1 Å². The summed E-state index contributed by atoms with van der Waals surface area (Å²) in [4.78, 5) is 22.2. The number of aromatic nitrogens is 1. The SMILES string of the molecule is NC(=O)c1cc(Br)cn(CC(F)F)c1=O. The van der Waals surface area contributed by atoms with E-state index in [0.717, 1.165) is 4.57 Å². The largest absolute Gasteiger partial charge is 0.365 e. The average molecular weight is 281 g/mol. The van der Waals surface area contributed by atoms with Gasteiger partial charge in [0.2, 0.25) is 0 Å². The van der Waals surface area contributed by atoms with Crippen LogP contribution in [0, 0.1) is 0 Å². The van der Waals surface area contributed by atoms with E-state index in [9.17, 15) is 18.4 Å². The van der Waals surface area contributed by atoms with Crippen molar-refractivity contribution in [2.45, 2.75) is 13.0 Å². The van der Waals surface area contributed by atoms with Gasteiger partial charge in [-0.1, -0.05) is 0 Å². The number of carbonyl (C=O) groups is 1. The smallest absolute Gasteiger partial charge is 0.263 e. The molecule has 1 amide bonds. The van der Waals surface area contributed by atoms with Crippen molar-refractivity contribution >= 4 is 21.8 Å². The zero-order valence-corrected chi connectivity index (χ0v) is 9.00. The summed E-state index contributed by atoms with van der Waals surface area (Å²) in [5.41, 5.74) is 3.79. The lowest BCUT2D eigenvalue weighted by atomic mass is 10.2. The van der Waals surface area contributed by atoms with Gasteiger partial charge in [0, 0.05) is 10.7 Å². The second-order valence-corrected chi connectivity index (χ2v) is 3.70. The molecule has 0 saturated carbocycles. The van der Waals surface area contributed by atoms with Gasteiger partial charge in [-0.3, -0.25) is 9.59 Å². The minimum atomic E-state index is -2.67. The maximum atomic E-state index is 12.1.